The third kappa shape index (κ3) is 2.53. The third-order valence-corrected chi connectivity index (χ3v) is 3.37. The maximum atomic E-state index is 4.68. The van der Waals surface area contributed by atoms with Crippen LogP contribution in [0.3, 0.4) is 0 Å². The van der Waals surface area contributed by atoms with Gasteiger partial charge in [0.25, 0.3) is 0 Å². The molecule has 3 nitrogen and oxygen atoms in total. The number of nitrogens with zero attached hydrogens (tertiary/aromatic N) is 2. The van der Waals surface area contributed by atoms with Gasteiger partial charge in [-0.1, -0.05) is 42.5 Å². The van der Waals surface area contributed by atoms with Crippen molar-refractivity contribution in [2.24, 2.45) is 0 Å². The molecule has 0 unspecified atom stereocenters. The summed E-state index contributed by atoms with van der Waals surface area (Å²) < 4.78 is 0. The number of likely N-dealkylation sites (N-methyl/N-ethyl adjacent to an activating group) is 1. The third-order valence-electron chi connectivity index (χ3n) is 3.37. The summed E-state index contributed by atoms with van der Waals surface area (Å²) in [5.41, 5.74) is 2.15. The Morgan fingerprint density at radius 1 is 1.00 bits per heavy atom. The zero-order chi connectivity index (χ0) is 13.8. The van der Waals surface area contributed by atoms with Crippen LogP contribution in [0.25, 0.3) is 22.0 Å². The van der Waals surface area contributed by atoms with Gasteiger partial charge in [0.1, 0.15) is 5.82 Å². The monoisotopic (exact) mass is 263 g/mol. The van der Waals surface area contributed by atoms with Crippen molar-refractivity contribution in [3.63, 3.8) is 0 Å². The summed E-state index contributed by atoms with van der Waals surface area (Å²) in [5, 5.41) is 5.59. The SMILES string of the molecule is CNCCc1nccc(-c2cccc3ccccc23)n1. The summed E-state index contributed by atoms with van der Waals surface area (Å²) in [6.07, 6.45) is 2.68. The van der Waals surface area contributed by atoms with Crippen LogP contribution < -0.4 is 5.32 Å². The lowest BCUT2D eigenvalue weighted by atomic mass is 10.0. The van der Waals surface area contributed by atoms with Gasteiger partial charge < -0.3 is 5.32 Å². The van der Waals surface area contributed by atoms with Gasteiger partial charge in [0.2, 0.25) is 0 Å². The van der Waals surface area contributed by atoms with E-state index in [2.05, 4.69) is 57.7 Å². The topological polar surface area (TPSA) is 37.8 Å². The zero-order valence-corrected chi connectivity index (χ0v) is 11.5. The number of hydrogen-bond acceptors (Lipinski definition) is 3. The lowest BCUT2D eigenvalue weighted by Crippen LogP contribution is -2.12. The Balaban J connectivity index is 2.06. The van der Waals surface area contributed by atoms with E-state index in [1.807, 2.05) is 19.3 Å². The molecular weight excluding hydrogens is 246 g/mol. The average molecular weight is 263 g/mol. The summed E-state index contributed by atoms with van der Waals surface area (Å²) in [6, 6.07) is 16.7. The highest BCUT2D eigenvalue weighted by Crippen LogP contribution is 2.26. The van der Waals surface area contributed by atoms with Crippen LogP contribution in [0.15, 0.2) is 54.7 Å². The largest absolute Gasteiger partial charge is 0.319 e. The van der Waals surface area contributed by atoms with Gasteiger partial charge in [0, 0.05) is 24.7 Å². The quantitative estimate of drug-likeness (QED) is 0.786. The summed E-state index contributed by atoms with van der Waals surface area (Å²) in [7, 11) is 1.94. The lowest BCUT2D eigenvalue weighted by Gasteiger charge is -2.07. The summed E-state index contributed by atoms with van der Waals surface area (Å²) >= 11 is 0. The van der Waals surface area contributed by atoms with Gasteiger partial charge in [-0.25, -0.2) is 9.97 Å². The maximum Gasteiger partial charge on any atom is 0.130 e. The molecule has 1 heterocycles. The smallest absolute Gasteiger partial charge is 0.130 e. The maximum absolute atomic E-state index is 4.68. The number of rotatable bonds is 4. The highest BCUT2D eigenvalue weighted by atomic mass is 14.9. The highest BCUT2D eigenvalue weighted by molar-refractivity contribution is 5.95. The molecule has 20 heavy (non-hydrogen) atoms. The fourth-order valence-corrected chi connectivity index (χ4v) is 2.36. The summed E-state index contributed by atoms with van der Waals surface area (Å²) in [6.45, 7) is 0.888. The predicted octanol–water partition coefficient (Wildman–Crippen LogP) is 3.06. The minimum atomic E-state index is 0.842. The Morgan fingerprint density at radius 2 is 1.85 bits per heavy atom. The van der Waals surface area contributed by atoms with Gasteiger partial charge in [-0.15, -0.1) is 0 Å². The van der Waals surface area contributed by atoms with E-state index in [-0.39, 0.29) is 0 Å². The predicted molar refractivity (Wildman–Crippen MR) is 82.6 cm³/mol. The van der Waals surface area contributed by atoms with Crippen molar-refractivity contribution in [1.29, 1.82) is 0 Å². The van der Waals surface area contributed by atoms with Crippen LogP contribution in [0, 0.1) is 0 Å². The Bertz CT molecular complexity index is 717. The number of hydrogen-bond donors (Lipinski definition) is 1. The van der Waals surface area contributed by atoms with Crippen LogP contribution in [0.4, 0.5) is 0 Å². The van der Waals surface area contributed by atoms with Gasteiger partial charge >= 0.3 is 0 Å². The molecule has 0 aliphatic heterocycles. The van der Waals surface area contributed by atoms with Gasteiger partial charge in [-0.2, -0.15) is 0 Å². The van der Waals surface area contributed by atoms with Gasteiger partial charge in [0.15, 0.2) is 0 Å². The van der Waals surface area contributed by atoms with Crippen LogP contribution in [0.1, 0.15) is 5.82 Å². The molecule has 0 bridgehead atoms. The normalized spacial score (nSPS) is 10.8. The first kappa shape index (κ1) is 12.8. The number of nitrogens with one attached hydrogen (secondary N) is 1. The molecule has 1 N–H and O–H groups in total. The van der Waals surface area contributed by atoms with E-state index >= 15 is 0 Å². The van der Waals surface area contributed by atoms with Crippen LogP contribution in [-0.4, -0.2) is 23.6 Å². The van der Waals surface area contributed by atoms with Crippen molar-refractivity contribution in [3.05, 3.63) is 60.6 Å². The van der Waals surface area contributed by atoms with Crippen molar-refractivity contribution in [3.8, 4) is 11.3 Å². The minimum Gasteiger partial charge on any atom is -0.319 e. The van der Waals surface area contributed by atoms with Gasteiger partial charge in [-0.3, -0.25) is 0 Å². The van der Waals surface area contributed by atoms with E-state index in [4.69, 9.17) is 0 Å². The Morgan fingerprint density at radius 3 is 2.75 bits per heavy atom. The van der Waals surface area contributed by atoms with E-state index in [0.717, 1.165) is 30.0 Å². The molecule has 0 saturated heterocycles. The molecule has 0 amide bonds. The second-order valence-electron chi connectivity index (χ2n) is 4.74. The molecule has 0 atom stereocenters. The van der Waals surface area contributed by atoms with Crippen LogP contribution in [0.2, 0.25) is 0 Å². The molecule has 3 rings (SSSR count). The van der Waals surface area contributed by atoms with Crippen LogP contribution >= 0.6 is 0 Å². The van der Waals surface area contributed by atoms with E-state index in [1.165, 1.54) is 10.8 Å². The van der Waals surface area contributed by atoms with E-state index in [0.29, 0.717) is 0 Å². The molecular formula is C17H17N3. The zero-order valence-electron chi connectivity index (χ0n) is 11.5. The van der Waals surface area contributed by atoms with Crippen LogP contribution in [0.5, 0.6) is 0 Å². The molecule has 2 aromatic carbocycles. The van der Waals surface area contributed by atoms with Crippen LogP contribution in [-0.2, 0) is 6.42 Å². The molecule has 3 aromatic rings. The Labute approximate surface area is 118 Å². The van der Waals surface area contributed by atoms with Crippen molar-refractivity contribution in [2.45, 2.75) is 6.42 Å². The van der Waals surface area contributed by atoms with Crippen molar-refractivity contribution < 1.29 is 0 Å². The second-order valence-corrected chi connectivity index (χ2v) is 4.74. The lowest BCUT2D eigenvalue weighted by molar-refractivity contribution is 0.756. The molecule has 0 aliphatic carbocycles. The fraction of sp³-hybridized carbons (Fsp3) is 0.176. The van der Waals surface area contributed by atoms with Crippen molar-refractivity contribution >= 4 is 10.8 Å². The molecule has 100 valence electrons. The first-order chi connectivity index (χ1) is 9.88. The van der Waals surface area contributed by atoms with E-state index < -0.39 is 0 Å². The van der Waals surface area contributed by atoms with Gasteiger partial charge in [0.05, 0.1) is 5.69 Å². The summed E-state index contributed by atoms with van der Waals surface area (Å²) in [5.74, 6) is 0.879. The Hall–Kier alpha value is -2.26. The second kappa shape index (κ2) is 5.80. The molecule has 0 saturated carbocycles. The van der Waals surface area contributed by atoms with Crippen molar-refractivity contribution in [1.82, 2.24) is 15.3 Å². The molecule has 0 fully saturated rings. The standard InChI is InChI=1S/C17H17N3/c1-18-11-10-17-19-12-9-16(20-17)15-8-4-6-13-5-2-3-7-14(13)15/h2-9,12,18H,10-11H2,1H3. The average Bonchev–Trinajstić information content (AvgIpc) is 2.52. The first-order valence-electron chi connectivity index (χ1n) is 6.83. The number of benzene rings is 2. The molecule has 0 spiro atoms. The number of fused-ring (bicyclic) bond motifs is 1. The number of aromatic nitrogens is 2. The molecule has 1 aromatic heterocycles. The van der Waals surface area contributed by atoms with E-state index in [1.54, 1.807) is 0 Å². The molecule has 0 aliphatic rings. The molecule has 3 heteroatoms. The minimum absolute atomic E-state index is 0.842. The van der Waals surface area contributed by atoms with Crippen molar-refractivity contribution in [2.75, 3.05) is 13.6 Å². The van der Waals surface area contributed by atoms with Gasteiger partial charge in [-0.05, 0) is 23.9 Å². The first-order valence-corrected chi connectivity index (χ1v) is 6.83. The Kier molecular flexibility index (Phi) is 3.70. The van der Waals surface area contributed by atoms with E-state index in [9.17, 15) is 0 Å². The summed E-state index contributed by atoms with van der Waals surface area (Å²) in [4.78, 5) is 9.01. The fourth-order valence-electron chi connectivity index (χ4n) is 2.36. The highest BCUT2D eigenvalue weighted by Gasteiger charge is 2.06. The molecule has 0 radical (unpaired) electrons.